The molecule has 0 saturated carbocycles. The maximum atomic E-state index is 12.0. The van der Waals surface area contributed by atoms with E-state index >= 15 is 0 Å². The van der Waals surface area contributed by atoms with Crippen LogP contribution in [0.2, 0.25) is 0 Å². The molecule has 0 fully saturated rings. The number of nitrogens with one attached hydrogen (secondary N) is 1. The van der Waals surface area contributed by atoms with Crippen LogP contribution in [0, 0.1) is 0 Å². The summed E-state index contributed by atoms with van der Waals surface area (Å²) in [5.74, 6) is 1.43. The van der Waals surface area contributed by atoms with E-state index in [0.717, 1.165) is 5.56 Å². The minimum absolute atomic E-state index is 0.168. The molecule has 0 bridgehead atoms. The minimum Gasteiger partial charge on any atom is -0.493 e. The SMILES string of the molecule is COc1ccc(C(C)NCCCF)cc1OC. The van der Waals surface area contributed by atoms with Crippen LogP contribution in [0.4, 0.5) is 4.39 Å². The average Bonchev–Trinajstić information content (AvgIpc) is 2.38. The van der Waals surface area contributed by atoms with Gasteiger partial charge in [-0.2, -0.15) is 0 Å². The van der Waals surface area contributed by atoms with E-state index in [1.165, 1.54) is 0 Å². The van der Waals surface area contributed by atoms with Gasteiger partial charge in [0.05, 0.1) is 20.9 Å². The number of rotatable bonds is 7. The molecule has 1 unspecified atom stereocenters. The predicted molar refractivity (Wildman–Crippen MR) is 66.6 cm³/mol. The van der Waals surface area contributed by atoms with E-state index in [9.17, 15) is 4.39 Å². The Morgan fingerprint density at radius 3 is 2.53 bits per heavy atom. The van der Waals surface area contributed by atoms with Crippen molar-refractivity contribution in [2.75, 3.05) is 27.4 Å². The van der Waals surface area contributed by atoms with Crippen molar-refractivity contribution in [2.24, 2.45) is 0 Å². The van der Waals surface area contributed by atoms with Crippen molar-refractivity contribution in [1.29, 1.82) is 0 Å². The molecule has 96 valence electrons. The second-order valence-corrected chi connectivity index (χ2v) is 3.83. The summed E-state index contributed by atoms with van der Waals surface area (Å²) in [5, 5.41) is 3.25. The van der Waals surface area contributed by atoms with Gasteiger partial charge in [0, 0.05) is 6.04 Å². The monoisotopic (exact) mass is 241 g/mol. The van der Waals surface area contributed by atoms with E-state index < -0.39 is 0 Å². The van der Waals surface area contributed by atoms with Crippen LogP contribution >= 0.6 is 0 Å². The summed E-state index contributed by atoms with van der Waals surface area (Å²) in [5.41, 5.74) is 1.10. The summed E-state index contributed by atoms with van der Waals surface area (Å²) in [7, 11) is 3.23. The molecule has 0 radical (unpaired) electrons. The van der Waals surface area contributed by atoms with Crippen LogP contribution in [-0.4, -0.2) is 27.4 Å². The molecule has 1 rings (SSSR count). The van der Waals surface area contributed by atoms with Gasteiger partial charge in [-0.15, -0.1) is 0 Å². The van der Waals surface area contributed by atoms with Gasteiger partial charge in [0.15, 0.2) is 11.5 Å². The number of hydrogen-bond acceptors (Lipinski definition) is 3. The average molecular weight is 241 g/mol. The molecule has 0 saturated heterocycles. The molecular weight excluding hydrogens is 221 g/mol. The van der Waals surface area contributed by atoms with Gasteiger partial charge in [0.25, 0.3) is 0 Å². The second kappa shape index (κ2) is 7.12. The number of ether oxygens (including phenoxy) is 2. The summed E-state index contributed by atoms with van der Waals surface area (Å²) in [4.78, 5) is 0. The molecule has 4 heteroatoms. The lowest BCUT2D eigenvalue weighted by Gasteiger charge is -2.16. The summed E-state index contributed by atoms with van der Waals surface area (Å²) in [6, 6.07) is 5.96. The Kier molecular flexibility index (Phi) is 5.77. The van der Waals surface area contributed by atoms with Crippen molar-refractivity contribution in [3.8, 4) is 11.5 Å². The van der Waals surface area contributed by atoms with Crippen molar-refractivity contribution >= 4 is 0 Å². The fourth-order valence-corrected chi connectivity index (χ4v) is 1.63. The van der Waals surface area contributed by atoms with Crippen LogP contribution in [0.1, 0.15) is 24.9 Å². The number of halogens is 1. The number of hydrogen-bond donors (Lipinski definition) is 1. The first-order valence-corrected chi connectivity index (χ1v) is 5.74. The van der Waals surface area contributed by atoms with Gasteiger partial charge in [-0.05, 0) is 37.6 Å². The van der Waals surface area contributed by atoms with Crippen molar-refractivity contribution in [1.82, 2.24) is 5.32 Å². The minimum atomic E-state index is -0.286. The van der Waals surface area contributed by atoms with E-state index in [4.69, 9.17) is 9.47 Å². The first-order chi connectivity index (χ1) is 8.22. The van der Waals surface area contributed by atoms with E-state index in [1.807, 2.05) is 25.1 Å². The van der Waals surface area contributed by atoms with Gasteiger partial charge < -0.3 is 14.8 Å². The zero-order chi connectivity index (χ0) is 12.7. The van der Waals surface area contributed by atoms with Gasteiger partial charge in [0.1, 0.15) is 0 Å². The Morgan fingerprint density at radius 1 is 1.24 bits per heavy atom. The summed E-state index contributed by atoms with van der Waals surface area (Å²) in [6.45, 7) is 2.43. The van der Waals surface area contributed by atoms with E-state index in [2.05, 4.69) is 5.32 Å². The quantitative estimate of drug-likeness (QED) is 0.744. The lowest BCUT2D eigenvalue weighted by molar-refractivity contribution is 0.354. The third-order valence-electron chi connectivity index (χ3n) is 2.67. The Hall–Kier alpha value is -1.29. The fraction of sp³-hybridized carbons (Fsp3) is 0.538. The molecule has 1 atom stereocenters. The molecule has 1 aromatic carbocycles. The van der Waals surface area contributed by atoms with Crippen LogP contribution in [-0.2, 0) is 0 Å². The Bertz CT molecular complexity index is 344. The summed E-state index contributed by atoms with van der Waals surface area (Å²) < 4.78 is 22.4. The Labute approximate surface area is 102 Å². The van der Waals surface area contributed by atoms with E-state index in [-0.39, 0.29) is 12.7 Å². The standard InChI is InChI=1S/C13H20FNO2/c1-10(15-8-4-7-14)11-5-6-12(16-2)13(9-11)17-3/h5-6,9-10,15H,4,7-8H2,1-3H3. The first kappa shape index (κ1) is 13.8. The van der Waals surface area contributed by atoms with E-state index in [1.54, 1.807) is 14.2 Å². The van der Waals surface area contributed by atoms with Gasteiger partial charge in [-0.1, -0.05) is 6.07 Å². The van der Waals surface area contributed by atoms with Crippen molar-refractivity contribution in [3.63, 3.8) is 0 Å². The molecule has 0 aliphatic heterocycles. The second-order valence-electron chi connectivity index (χ2n) is 3.83. The molecule has 0 aromatic heterocycles. The van der Waals surface area contributed by atoms with Crippen molar-refractivity contribution in [2.45, 2.75) is 19.4 Å². The third-order valence-corrected chi connectivity index (χ3v) is 2.67. The highest BCUT2D eigenvalue weighted by atomic mass is 19.1. The fourth-order valence-electron chi connectivity index (χ4n) is 1.63. The molecule has 3 nitrogen and oxygen atoms in total. The lowest BCUT2D eigenvalue weighted by atomic mass is 10.1. The number of benzene rings is 1. The molecular formula is C13H20FNO2. The lowest BCUT2D eigenvalue weighted by Crippen LogP contribution is -2.20. The van der Waals surface area contributed by atoms with Gasteiger partial charge in [-0.3, -0.25) is 4.39 Å². The third kappa shape index (κ3) is 3.89. The molecule has 0 aliphatic carbocycles. The summed E-state index contributed by atoms with van der Waals surface area (Å²) >= 11 is 0. The van der Waals surface area contributed by atoms with Crippen LogP contribution in [0.25, 0.3) is 0 Å². The van der Waals surface area contributed by atoms with Gasteiger partial charge >= 0.3 is 0 Å². The van der Waals surface area contributed by atoms with Gasteiger partial charge in [0.2, 0.25) is 0 Å². The smallest absolute Gasteiger partial charge is 0.161 e. The first-order valence-electron chi connectivity index (χ1n) is 5.74. The molecule has 17 heavy (non-hydrogen) atoms. The highest BCUT2D eigenvalue weighted by Gasteiger charge is 2.09. The highest BCUT2D eigenvalue weighted by molar-refractivity contribution is 5.43. The van der Waals surface area contributed by atoms with Crippen molar-refractivity contribution in [3.05, 3.63) is 23.8 Å². The molecule has 0 heterocycles. The zero-order valence-electron chi connectivity index (χ0n) is 10.6. The van der Waals surface area contributed by atoms with Crippen LogP contribution < -0.4 is 14.8 Å². The van der Waals surface area contributed by atoms with Crippen LogP contribution in [0.15, 0.2) is 18.2 Å². The normalized spacial score (nSPS) is 12.2. The molecule has 0 spiro atoms. The Balaban J connectivity index is 2.70. The Morgan fingerprint density at radius 2 is 1.94 bits per heavy atom. The molecule has 1 N–H and O–H groups in total. The largest absolute Gasteiger partial charge is 0.493 e. The van der Waals surface area contributed by atoms with Crippen LogP contribution in [0.3, 0.4) is 0 Å². The van der Waals surface area contributed by atoms with Crippen LogP contribution in [0.5, 0.6) is 11.5 Å². The number of methoxy groups -OCH3 is 2. The maximum Gasteiger partial charge on any atom is 0.161 e. The van der Waals surface area contributed by atoms with Crippen molar-refractivity contribution < 1.29 is 13.9 Å². The van der Waals surface area contributed by atoms with E-state index in [0.29, 0.717) is 24.5 Å². The molecule has 1 aromatic rings. The molecule has 0 amide bonds. The zero-order valence-corrected chi connectivity index (χ0v) is 10.6. The maximum absolute atomic E-state index is 12.0. The summed E-state index contributed by atoms with van der Waals surface area (Å²) in [6.07, 6.45) is 0.539. The number of alkyl halides is 1. The van der Waals surface area contributed by atoms with Gasteiger partial charge in [-0.25, -0.2) is 0 Å². The molecule has 0 aliphatic rings. The predicted octanol–water partition coefficient (Wildman–Crippen LogP) is 2.71. The topological polar surface area (TPSA) is 30.5 Å². The highest BCUT2D eigenvalue weighted by Crippen LogP contribution is 2.29.